The molecule has 1 saturated heterocycles. The van der Waals surface area contributed by atoms with Crippen molar-refractivity contribution in [2.24, 2.45) is 5.92 Å². The van der Waals surface area contributed by atoms with E-state index >= 15 is 0 Å². The van der Waals surface area contributed by atoms with E-state index in [4.69, 9.17) is 0 Å². The van der Waals surface area contributed by atoms with Crippen LogP contribution in [-0.2, 0) is 19.6 Å². The van der Waals surface area contributed by atoms with E-state index in [0.717, 1.165) is 24.6 Å². The van der Waals surface area contributed by atoms with E-state index in [1.807, 2.05) is 0 Å². The first-order valence-electron chi connectivity index (χ1n) is 8.74. The number of hydrogen-bond acceptors (Lipinski definition) is 7. The smallest absolute Gasteiger partial charge is 0.245 e. The molecule has 2 aliphatic rings. The van der Waals surface area contributed by atoms with E-state index in [2.05, 4.69) is 14.1 Å². The van der Waals surface area contributed by atoms with Gasteiger partial charge in [0.05, 0.1) is 18.3 Å². The number of sulfonamides is 1. The van der Waals surface area contributed by atoms with Gasteiger partial charge in [0.15, 0.2) is 0 Å². The summed E-state index contributed by atoms with van der Waals surface area (Å²) in [4.78, 5) is 25.6. The molecule has 0 atom stereocenters. The van der Waals surface area contributed by atoms with Crippen molar-refractivity contribution in [2.75, 3.05) is 32.7 Å². The number of piperazine rings is 1. The summed E-state index contributed by atoms with van der Waals surface area (Å²) in [7, 11) is -3.71. The van der Waals surface area contributed by atoms with Crippen LogP contribution in [0.2, 0.25) is 0 Å². The van der Waals surface area contributed by atoms with Crippen LogP contribution in [0.25, 0.3) is 11.0 Å². The second kappa shape index (κ2) is 7.13. The Morgan fingerprint density at radius 1 is 1.15 bits per heavy atom. The van der Waals surface area contributed by atoms with Crippen LogP contribution in [0, 0.1) is 5.92 Å². The number of nitrogens with one attached hydrogen (secondary N) is 1. The summed E-state index contributed by atoms with van der Waals surface area (Å²) in [6.07, 6.45) is 1.77. The molecule has 9 nitrogen and oxygen atoms in total. The zero-order valence-electron chi connectivity index (χ0n) is 14.5. The Hall–Kier alpha value is -2.11. The molecule has 1 aliphatic carbocycles. The molecule has 2 fully saturated rings. The SMILES string of the molecule is O=C(NCC(=O)N1CCN(S(=O)(=O)c2cccc3nsnc23)CC1)C1CC1. The van der Waals surface area contributed by atoms with Gasteiger partial charge in [0.1, 0.15) is 15.9 Å². The molecular weight excluding hydrogens is 390 g/mol. The van der Waals surface area contributed by atoms with Gasteiger partial charge in [-0.05, 0) is 25.0 Å². The molecule has 1 saturated carbocycles. The molecule has 2 heterocycles. The highest BCUT2D eigenvalue weighted by atomic mass is 32.2. The third-order valence-corrected chi connectivity index (χ3v) is 7.29. The van der Waals surface area contributed by atoms with Crippen LogP contribution in [-0.4, -0.2) is 70.9 Å². The van der Waals surface area contributed by atoms with Gasteiger partial charge in [-0.15, -0.1) is 0 Å². The van der Waals surface area contributed by atoms with E-state index in [1.54, 1.807) is 17.0 Å². The number of carbonyl (C=O) groups is 2. The van der Waals surface area contributed by atoms with Gasteiger partial charge >= 0.3 is 0 Å². The predicted molar refractivity (Wildman–Crippen MR) is 98.5 cm³/mol. The fraction of sp³-hybridized carbons (Fsp3) is 0.500. The first-order chi connectivity index (χ1) is 13.0. The maximum atomic E-state index is 13.0. The van der Waals surface area contributed by atoms with Crippen LogP contribution in [0.3, 0.4) is 0 Å². The molecule has 2 amide bonds. The molecule has 0 spiro atoms. The van der Waals surface area contributed by atoms with E-state index < -0.39 is 10.0 Å². The van der Waals surface area contributed by atoms with Crippen molar-refractivity contribution < 1.29 is 18.0 Å². The first-order valence-corrected chi connectivity index (χ1v) is 10.9. The van der Waals surface area contributed by atoms with Crippen LogP contribution in [0.5, 0.6) is 0 Å². The van der Waals surface area contributed by atoms with Crippen molar-refractivity contribution in [3.63, 3.8) is 0 Å². The second-order valence-corrected chi connectivity index (χ2v) is 9.10. The number of fused-ring (bicyclic) bond motifs is 1. The van der Waals surface area contributed by atoms with E-state index in [1.165, 1.54) is 10.4 Å². The molecule has 144 valence electrons. The topological polar surface area (TPSA) is 113 Å². The minimum atomic E-state index is -3.71. The summed E-state index contributed by atoms with van der Waals surface area (Å²) in [6.45, 7) is 0.967. The standard InChI is InChI=1S/C16H19N5O4S2/c22-14(10-17-16(23)11-4-5-11)20-6-8-21(9-7-20)27(24,25)13-3-1-2-12-15(13)19-26-18-12/h1-3,11H,4-10H2,(H,17,23). The third kappa shape index (κ3) is 3.66. The number of carbonyl (C=O) groups excluding carboxylic acids is 2. The lowest BCUT2D eigenvalue weighted by atomic mass is 10.3. The molecule has 1 N–H and O–H groups in total. The largest absolute Gasteiger partial charge is 0.347 e. The summed E-state index contributed by atoms with van der Waals surface area (Å²) < 4.78 is 35.5. The van der Waals surface area contributed by atoms with Gasteiger partial charge in [0.25, 0.3) is 0 Å². The fourth-order valence-electron chi connectivity index (χ4n) is 3.07. The average Bonchev–Trinajstić information content (AvgIpc) is 3.42. The van der Waals surface area contributed by atoms with E-state index in [-0.39, 0.29) is 42.3 Å². The quantitative estimate of drug-likeness (QED) is 0.747. The average molecular weight is 409 g/mol. The Balaban J connectivity index is 1.39. The molecule has 1 aromatic carbocycles. The Bertz CT molecular complexity index is 978. The molecule has 0 unspecified atom stereocenters. The zero-order chi connectivity index (χ0) is 19.0. The van der Waals surface area contributed by atoms with Crippen LogP contribution in [0.1, 0.15) is 12.8 Å². The van der Waals surface area contributed by atoms with Crippen molar-refractivity contribution in [3.8, 4) is 0 Å². The summed E-state index contributed by atoms with van der Waals surface area (Å²) >= 11 is 0.978. The molecule has 1 aliphatic heterocycles. The molecule has 2 aromatic rings. The summed E-state index contributed by atoms with van der Waals surface area (Å²) in [5.74, 6) is -0.205. The molecule has 11 heteroatoms. The summed E-state index contributed by atoms with van der Waals surface area (Å²) in [5, 5.41) is 2.65. The lowest BCUT2D eigenvalue weighted by Crippen LogP contribution is -2.52. The number of aromatic nitrogens is 2. The van der Waals surface area contributed by atoms with Crippen molar-refractivity contribution in [3.05, 3.63) is 18.2 Å². The number of benzene rings is 1. The van der Waals surface area contributed by atoms with Crippen LogP contribution >= 0.6 is 11.7 Å². The molecule has 0 radical (unpaired) electrons. The maximum absolute atomic E-state index is 13.0. The second-order valence-electron chi connectivity index (χ2n) is 6.67. The Morgan fingerprint density at radius 2 is 1.89 bits per heavy atom. The minimum absolute atomic E-state index is 0.0358. The highest BCUT2D eigenvalue weighted by Gasteiger charge is 2.33. The summed E-state index contributed by atoms with van der Waals surface area (Å²) in [6, 6.07) is 4.91. The number of rotatable bonds is 5. The Kier molecular flexibility index (Phi) is 4.82. The number of amides is 2. The van der Waals surface area contributed by atoms with Gasteiger partial charge < -0.3 is 10.2 Å². The van der Waals surface area contributed by atoms with Crippen molar-refractivity contribution in [2.45, 2.75) is 17.7 Å². The monoisotopic (exact) mass is 409 g/mol. The normalized spacial score (nSPS) is 18.6. The van der Waals surface area contributed by atoms with Gasteiger partial charge in [0, 0.05) is 32.1 Å². The fourth-order valence-corrected chi connectivity index (χ4v) is 5.25. The molecule has 0 bridgehead atoms. The summed E-state index contributed by atoms with van der Waals surface area (Å²) in [5.41, 5.74) is 0.935. The lowest BCUT2D eigenvalue weighted by molar-refractivity contribution is -0.134. The van der Waals surface area contributed by atoms with Crippen LogP contribution in [0.15, 0.2) is 23.1 Å². The van der Waals surface area contributed by atoms with Crippen molar-refractivity contribution in [1.29, 1.82) is 0 Å². The van der Waals surface area contributed by atoms with Gasteiger partial charge in [-0.1, -0.05) is 6.07 Å². The Labute approximate surface area is 160 Å². The highest BCUT2D eigenvalue weighted by Crippen LogP contribution is 2.28. The minimum Gasteiger partial charge on any atom is -0.347 e. The third-order valence-electron chi connectivity index (χ3n) is 4.82. The first kappa shape index (κ1) is 18.3. The van der Waals surface area contributed by atoms with Gasteiger partial charge in [-0.2, -0.15) is 13.1 Å². The van der Waals surface area contributed by atoms with E-state index in [0.29, 0.717) is 24.1 Å². The molecule has 27 heavy (non-hydrogen) atoms. The van der Waals surface area contributed by atoms with Crippen molar-refractivity contribution in [1.82, 2.24) is 23.3 Å². The van der Waals surface area contributed by atoms with Gasteiger partial charge in [0.2, 0.25) is 21.8 Å². The number of nitrogens with zero attached hydrogens (tertiary/aromatic N) is 4. The van der Waals surface area contributed by atoms with Gasteiger partial charge in [-0.3, -0.25) is 9.59 Å². The Morgan fingerprint density at radius 3 is 2.59 bits per heavy atom. The maximum Gasteiger partial charge on any atom is 0.245 e. The lowest BCUT2D eigenvalue weighted by Gasteiger charge is -2.34. The zero-order valence-corrected chi connectivity index (χ0v) is 16.1. The molecular formula is C16H19N5O4S2. The van der Waals surface area contributed by atoms with Gasteiger partial charge in [-0.25, -0.2) is 8.42 Å². The van der Waals surface area contributed by atoms with Crippen LogP contribution < -0.4 is 5.32 Å². The van der Waals surface area contributed by atoms with Crippen LogP contribution in [0.4, 0.5) is 0 Å². The predicted octanol–water partition coefficient (Wildman–Crippen LogP) is 0.0504. The molecule has 4 rings (SSSR count). The van der Waals surface area contributed by atoms with Crippen molar-refractivity contribution >= 4 is 44.6 Å². The van der Waals surface area contributed by atoms with E-state index in [9.17, 15) is 18.0 Å². The molecule has 1 aromatic heterocycles. The highest BCUT2D eigenvalue weighted by molar-refractivity contribution is 7.89. The number of hydrogen-bond donors (Lipinski definition) is 1.